The summed E-state index contributed by atoms with van der Waals surface area (Å²) in [4.78, 5) is 35.0. The standard InChI is InChI=1S/C33H31F4N5O3S/c1-17-40-41-31(45-17)26-22(7-5-18-10-12-33(36,37)13-11-18)39-29-23-3-2-14-42(23)32(44)28(29)27(26)24-8-9-25(46-24)30(43)38-16-19-4-6-20(34)21(35)15-19/h4,6,8-9,15,18,23H,2-3,5,7,10-14,16H2,1H3,(H,38,43)/t23-/m0/s1. The minimum Gasteiger partial charge on any atom is -0.421 e. The second-order valence-electron chi connectivity index (χ2n) is 12.3. The predicted molar refractivity (Wildman–Crippen MR) is 161 cm³/mol. The van der Waals surface area contributed by atoms with Gasteiger partial charge in [0.2, 0.25) is 17.7 Å². The molecule has 3 aliphatic rings. The van der Waals surface area contributed by atoms with Crippen molar-refractivity contribution in [3.8, 4) is 21.9 Å². The van der Waals surface area contributed by atoms with Crippen molar-refractivity contribution >= 4 is 23.2 Å². The zero-order valence-corrected chi connectivity index (χ0v) is 25.9. The van der Waals surface area contributed by atoms with E-state index >= 15 is 0 Å². The molecule has 0 radical (unpaired) electrons. The number of carbonyl (C=O) groups is 2. The molecule has 1 aliphatic carbocycles. The summed E-state index contributed by atoms with van der Waals surface area (Å²) in [5.74, 6) is -4.49. The van der Waals surface area contributed by atoms with Crippen molar-refractivity contribution < 1.29 is 31.6 Å². The lowest BCUT2D eigenvalue weighted by molar-refractivity contribution is -0.0464. The summed E-state index contributed by atoms with van der Waals surface area (Å²) >= 11 is 1.18. The Morgan fingerprint density at radius 2 is 1.87 bits per heavy atom. The van der Waals surface area contributed by atoms with Gasteiger partial charge in [-0.15, -0.1) is 21.5 Å². The highest BCUT2D eigenvalue weighted by Crippen LogP contribution is 2.49. The van der Waals surface area contributed by atoms with Crippen LogP contribution < -0.4 is 5.32 Å². The van der Waals surface area contributed by atoms with Gasteiger partial charge in [0.15, 0.2) is 11.6 Å². The number of benzene rings is 1. The van der Waals surface area contributed by atoms with E-state index in [2.05, 4.69) is 15.5 Å². The molecule has 1 saturated carbocycles. The zero-order chi connectivity index (χ0) is 32.2. The highest BCUT2D eigenvalue weighted by molar-refractivity contribution is 7.17. The van der Waals surface area contributed by atoms with Gasteiger partial charge in [-0.2, -0.15) is 0 Å². The molecule has 3 aromatic heterocycles. The number of amides is 2. The average molecular weight is 654 g/mol. The van der Waals surface area contributed by atoms with E-state index in [9.17, 15) is 27.2 Å². The molecule has 13 heteroatoms. The molecule has 1 N–H and O–H groups in total. The quantitative estimate of drug-likeness (QED) is 0.199. The van der Waals surface area contributed by atoms with Crippen LogP contribution in [0.5, 0.6) is 0 Å². The first-order chi connectivity index (χ1) is 22.1. The molecule has 0 bridgehead atoms. The van der Waals surface area contributed by atoms with Gasteiger partial charge in [-0.3, -0.25) is 14.6 Å². The molecule has 5 heterocycles. The maximum Gasteiger partial charge on any atom is 0.261 e. The Kier molecular flexibility index (Phi) is 7.90. The molecule has 0 unspecified atom stereocenters. The Morgan fingerprint density at radius 3 is 2.61 bits per heavy atom. The number of fused-ring (bicyclic) bond motifs is 3. The number of carbonyl (C=O) groups excluding carboxylic acids is 2. The first-order valence-corrected chi connectivity index (χ1v) is 16.3. The number of halogens is 4. The lowest BCUT2D eigenvalue weighted by atomic mass is 9.83. The number of rotatable bonds is 8. The third-order valence-electron chi connectivity index (χ3n) is 9.22. The normalized spacial score (nSPS) is 19.0. The summed E-state index contributed by atoms with van der Waals surface area (Å²) in [5.41, 5.74) is 3.29. The molecule has 1 aromatic carbocycles. The van der Waals surface area contributed by atoms with Gasteiger partial charge >= 0.3 is 0 Å². The van der Waals surface area contributed by atoms with Crippen molar-refractivity contribution in [2.24, 2.45) is 5.92 Å². The van der Waals surface area contributed by atoms with Crippen LogP contribution in [0.4, 0.5) is 17.6 Å². The number of nitrogens with one attached hydrogen (secondary N) is 1. The zero-order valence-electron chi connectivity index (χ0n) is 25.0. The van der Waals surface area contributed by atoms with E-state index in [0.29, 0.717) is 81.5 Å². The summed E-state index contributed by atoms with van der Waals surface area (Å²) in [6, 6.07) is 6.70. The van der Waals surface area contributed by atoms with Gasteiger partial charge in [-0.1, -0.05) is 6.07 Å². The minimum absolute atomic E-state index is 0.00714. The average Bonchev–Trinajstić information content (AvgIpc) is 3.84. The van der Waals surface area contributed by atoms with Crippen LogP contribution in [0.1, 0.15) is 93.9 Å². The van der Waals surface area contributed by atoms with Crippen molar-refractivity contribution in [3.63, 3.8) is 0 Å². The van der Waals surface area contributed by atoms with Crippen LogP contribution in [0.3, 0.4) is 0 Å². The van der Waals surface area contributed by atoms with Gasteiger partial charge in [0.05, 0.1) is 33.4 Å². The smallest absolute Gasteiger partial charge is 0.261 e. The van der Waals surface area contributed by atoms with E-state index in [1.165, 1.54) is 17.4 Å². The Labute approximate surface area is 266 Å². The monoisotopic (exact) mass is 653 g/mol. The molecule has 1 atom stereocenters. The van der Waals surface area contributed by atoms with Gasteiger partial charge < -0.3 is 14.6 Å². The van der Waals surface area contributed by atoms with Gasteiger partial charge in [0.25, 0.3) is 11.8 Å². The largest absolute Gasteiger partial charge is 0.421 e. The summed E-state index contributed by atoms with van der Waals surface area (Å²) < 4.78 is 60.7. The van der Waals surface area contributed by atoms with Crippen LogP contribution >= 0.6 is 11.3 Å². The second kappa shape index (κ2) is 11.9. The van der Waals surface area contributed by atoms with Crippen molar-refractivity contribution in [1.82, 2.24) is 25.4 Å². The topological polar surface area (TPSA) is 101 Å². The fourth-order valence-electron chi connectivity index (χ4n) is 6.85. The Balaban J connectivity index is 1.27. The minimum atomic E-state index is -2.62. The van der Waals surface area contributed by atoms with Gasteiger partial charge in [-0.25, -0.2) is 17.6 Å². The number of aryl methyl sites for hydroxylation is 2. The van der Waals surface area contributed by atoms with Crippen LogP contribution in [-0.2, 0) is 13.0 Å². The van der Waals surface area contributed by atoms with E-state index in [-0.39, 0.29) is 43.1 Å². The van der Waals surface area contributed by atoms with Crippen LogP contribution in [0.15, 0.2) is 34.7 Å². The first-order valence-electron chi connectivity index (χ1n) is 15.5. The Hall–Kier alpha value is -4.13. The van der Waals surface area contributed by atoms with E-state index in [1.54, 1.807) is 19.1 Å². The molecule has 0 spiro atoms. The fraction of sp³-hybridized carbons (Fsp3) is 0.424. The molecule has 2 fully saturated rings. The Bertz CT molecular complexity index is 1830. The van der Waals surface area contributed by atoms with Crippen LogP contribution in [0.2, 0.25) is 0 Å². The number of aromatic nitrogens is 3. The molecule has 2 amide bonds. The summed E-state index contributed by atoms with van der Waals surface area (Å²) in [7, 11) is 0. The number of nitrogens with zero attached hydrogens (tertiary/aromatic N) is 4. The van der Waals surface area contributed by atoms with Crippen LogP contribution in [-0.4, -0.2) is 44.4 Å². The molecule has 8 nitrogen and oxygen atoms in total. The van der Waals surface area contributed by atoms with Gasteiger partial charge in [-0.05, 0) is 74.3 Å². The summed E-state index contributed by atoms with van der Waals surface area (Å²) in [6.45, 7) is 2.27. The van der Waals surface area contributed by atoms with E-state index in [1.807, 2.05) is 4.90 Å². The van der Waals surface area contributed by atoms with Crippen molar-refractivity contribution in [1.29, 1.82) is 0 Å². The fourth-order valence-corrected chi connectivity index (χ4v) is 7.83. The maximum absolute atomic E-state index is 13.9. The molecule has 2 aliphatic heterocycles. The molecule has 7 rings (SSSR count). The lowest BCUT2D eigenvalue weighted by Gasteiger charge is -2.28. The van der Waals surface area contributed by atoms with E-state index in [0.717, 1.165) is 25.0 Å². The van der Waals surface area contributed by atoms with Crippen LogP contribution in [0.25, 0.3) is 21.9 Å². The lowest BCUT2D eigenvalue weighted by Crippen LogP contribution is -2.24. The molecule has 240 valence electrons. The molecule has 4 aromatic rings. The van der Waals surface area contributed by atoms with Crippen molar-refractivity contribution in [2.75, 3.05) is 6.54 Å². The maximum atomic E-state index is 13.9. The van der Waals surface area contributed by atoms with Crippen LogP contribution in [0, 0.1) is 24.5 Å². The third-order valence-corrected chi connectivity index (χ3v) is 10.3. The van der Waals surface area contributed by atoms with Gasteiger partial charge in [0.1, 0.15) is 0 Å². The van der Waals surface area contributed by atoms with Crippen molar-refractivity contribution in [3.05, 3.63) is 75.2 Å². The highest BCUT2D eigenvalue weighted by Gasteiger charge is 2.45. The highest BCUT2D eigenvalue weighted by atomic mass is 32.1. The number of alkyl halides is 2. The Morgan fingerprint density at radius 1 is 1.07 bits per heavy atom. The van der Waals surface area contributed by atoms with Gasteiger partial charge in [0, 0.05) is 43.3 Å². The molecule has 46 heavy (non-hydrogen) atoms. The number of pyridine rings is 1. The number of thiophene rings is 1. The number of hydrogen-bond donors (Lipinski definition) is 1. The summed E-state index contributed by atoms with van der Waals surface area (Å²) in [6.07, 6.45) is 3.38. The van der Waals surface area contributed by atoms with E-state index < -0.39 is 23.5 Å². The molecular formula is C33H31F4N5O3S. The van der Waals surface area contributed by atoms with Crippen molar-refractivity contribution in [2.45, 2.75) is 76.8 Å². The predicted octanol–water partition coefficient (Wildman–Crippen LogP) is 7.43. The molecule has 1 saturated heterocycles. The second-order valence-corrected chi connectivity index (χ2v) is 13.4. The molecular weight excluding hydrogens is 622 g/mol. The third kappa shape index (κ3) is 5.69. The first kappa shape index (κ1) is 30.5. The number of hydrogen-bond acceptors (Lipinski definition) is 7. The summed E-state index contributed by atoms with van der Waals surface area (Å²) in [5, 5.41) is 11.1. The SMILES string of the molecule is Cc1nnc(-c2c(CCC3CCC(F)(F)CC3)nc3c(c2-c2ccc(C(=O)NCc4ccc(F)c(F)c4)s2)C(=O)N2CCC[C@@H]32)o1. The van der Waals surface area contributed by atoms with E-state index in [4.69, 9.17) is 9.40 Å².